The molecular formula is C42H26O. The Bertz CT molecular complexity index is 2330. The van der Waals surface area contributed by atoms with E-state index in [1.807, 2.05) is 12.1 Å². The summed E-state index contributed by atoms with van der Waals surface area (Å²) in [4.78, 5) is 0. The van der Waals surface area contributed by atoms with Crippen molar-refractivity contribution in [1.29, 1.82) is 0 Å². The number of benzene rings is 7. The van der Waals surface area contributed by atoms with Crippen LogP contribution in [-0.2, 0) is 0 Å². The molecule has 0 saturated carbocycles. The lowest BCUT2D eigenvalue weighted by Gasteiger charge is -2.25. The Kier molecular flexibility index (Phi) is 5.27. The molecule has 200 valence electrons. The highest BCUT2D eigenvalue weighted by Crippen LogP contribution is 2.50. The number of furan rings is 1. The minimum atomic E-state index is 0.921. The zero-order chi connectivity index (χ0) is 28.3. The van der Waals surface area contributed by atoms with E-state index < -0.39 is 0 Å². The van der Waals surface area contributed by atoms with Crippen molar-refractivity contribution in [3.05, 3.63) is 158 Å². The number of rotatable bonds is 2. The first-order valence-corrected chi connectivity index (χ1v) is 14.8. The van der Waals surface area contributed by atoms with E-state index in [0.29, 0.717) is 0 Å². The topological polar surface area (TPSA) is 13.1 Å². The molecule has 1 heteroatoms. The largest absolute Gasteiger partial charge is 0.456 e. The maximum atomic E-state index is 6.07. The Morgan fingerprint density at radius 3 is 1.44 bits per heavy atom. The summed E-state index contributed by atoms with van der Waals surface area (Å²) in [5, 5.41) is 2.30. The maximum absolute atomic E-state index is 6.07. The molecule has 0 saturated heterocycles. The van der Waals surface area contributed by atoms with E-state index in [0.717, 1.165) is 21.9 Å². The second-order valence-corrected chi connectivity index (χ2v) is 11.3. The van der Waals surface area contributed by atoms with Crippen LogP contribution in [0.15, 0.2) is 162 Å². The van der Waals surface area contributed by atoms with E-state index in [2.05, 4.69) is 146 Å². The van der Waals surface area contributed by atoms with Gasteiger partial charge in [0.1, 0.15) is 11.2 Å². The molecule has 1 aliphatic rings. The highest BCUT2D eigenvalue weighted by Gasteiger charge is 2.23. The lowest BCUT2D eigenvalue weighted by Crippen LogP contribution is -1.98. The number of hydrogen-bond donors (Lipinski definition) is 0. The summed E-state index contributed by atoms with van der Waals surface area (Å²) in [7, 11) is 0. The fourth-order valence-electron chi connectivity index (χ4n) is 6.90. The van der Waals surface area contributed by atoms with Gasteiger partial charge in [-0.05, 0) is 85.0 Å². The molecule has 8 aromatic rings. The normalized spacial score (nSPS) is 11.7. The average molecular weight is 547 g/mol. The second kappa shape index (κ2) is 9.44. The van der Waals surface area contributed by atoms with E-state index in [1.54, 1.807) is 0 Å². The molecule has 0 amide bonds. The van der Waals surface area contributed by atoms with E-state index in [1.165, 1.54) is 66.8 Å². The van der Waals surface area contributed by atoms with Crippen LogP contribution in [0, 0.1) is 0 Å². The van der Waals surface area contributed by atoms with Crippen LogP contribution in [0.5, 0.6) is 0 Å². The van der Waals surface area contributed by atoms with Gasteiger partial charge >= 0.3 is 0 Å². The highest BCUT2D eigenvalue weighted by atomic mass is 16.3. The van der Waals surface area contributed by atoms with Gasteiger partial charge in [0.2, 0.25) is 0 Å². The molecule has 1 aliphatic carbocycles. The molecule has 0 unspecified atom stereocenters. The summed E-state index contributed by atoms with van der Waals surface area (Å²) in [5.41, 5.74) is 16.8. The average Bonchev–Trinajstić information content (AvgIpc) is 3.45. The number of hydrogen-bond acceptors (Lipinski definition) is 1. The highest BCUT2D eigenvalue weighted by molar-refractivity contribution is 6.08. The molecule has 0 spiro atoms. The molecule has 0 bridgehead atoms. The van der Waals surface area contributed by atoms with Crippen LogP contribution in [0.1, 0.15) is 0 Å². The zero-order valence-electron chi connectivity index (χ0n) is 23.4. The predicted molar refractivity (Wildman–Crippen MR) is 180 cm³/mol. The molecular weight excluding hydrogens is 520 g/mol. The van der Waals surface area contributed by atoms with Crippen molar-refractivity contribution in [3.8, 4) is 66.8 Å². The fraction of sp³-hybridized carbons (Fsp3) is 0. The molecule has 43 heavy (non-hydrogen) atoms. The summed E-state index contributed by atoms with van der Waals surface area (Å²) in [5.74, 6) is 0. The molecule has 0 radical (unpaired) electrons. The fourth-order valence-corrected chi connectivity index (χ4v) is 6.90. The first-order valence-electron chi connectivity index (χ1n) is 14.8. The molecule has 0 atom stereocenters. The Balaban J connectivity index is 1.23. The van der Waals surface area contributed by atoms with Crippen LogP contribution < -0.4 is 0 Å². The Morgan fingerprint density at radius 1 is 0.279 bits per heavy atom. The summed E-state index contributed by atoms with van der Waals surface area (Å²) >= 11 is 0. The van der Waals surface area contributed by atoms with Crippen molar-refractivity contribution in [3.63, 3.8) is 0 Å². The third-order valence-corrected chi connectivity index (χ3v) is 8.89. The number of para-hydroxylation sites is 1. The van der Waals surface area contributed by atoms with E-state index in [9.17, 15) is 0 Å². The van der Waals surface area contributed by atoms with E-state index in [4.69, 9.17) is 4.42 Å². The summed E-state index contributed by atoms with van der Waals surface area (Å²) in [6, 6.07) is 57.0. The first kappa shape index (κ1) is 24.0. The van der Waals surface area contributed by atoms with Crippen LogP contribution in [0.2, 0.25) is 0 Å². The van der Waals surface area contributed by atoms with Crippen LogP contribution in [-0.4, -0.2) is 0 Å². The second-order valence-electron chi connectivity index (χ2n) is 11.3. The van der Waals surface area contributed by atoms with Crippen molar-refractivity contribution in [2.75, 3.05) is 0 Å². The molecule has 1 aromatic heterocycles. The smallest absolute Gasteiger partial charge is 0.135 e. The number of fused-ring (bicyclic) bond motifs is 11. The van der Waals surface area contributed by atoms with Gasteiger partial charge in [0.15, 0.2) is 0 Å². The van der Waals surface area contributed by atoms with E-state index in [-0.39, 0.29) is 0 Å². The van der Waals surface area contributed by atoms with Gasteiger partial charge in [-0.15, -0.1) is 0 Å². The lowest BCUT2D eigenvalue weighted by molar-refractivity contribution is 0.669. The molecule has 1 nitrogen and oxygen atoms in total. The van der Waals surface area contributed by atoms with Crippen molar-refractivity contribution >= 4 is 21.9 Å². The summed E-state index contributed by atoms with van der Waals surface area (Å²) in [6.45, 7) is 0. The quantitative estimate of drug-likeness (QED) is 0.210. The molecule has 1 heterocycles. The summed E-state index contributed by atoms with van der Waals surface area (Å²) < 4.78 is 6.07. The predicted octanol–water partition coefficient (Wildman–Crippen LogP) is 11.9. The van der Waals surface area contributed by atoms with Crippen molar-refractivity contribution < 1.29 is 4.42 Å². The van der Waals surface area contributed by atoms with Gasteiger partial charge in [-0.25, -0.2) is 0 Å². The van der Waals surface area contributed by atoms with Gasteiger partial charge in [0.05, 0.1) is 0 Å². The monoisotopic (exact) mass is 546 g/mol. The van der Waals surface area contributed by atoms with Crippen LogP contribution >= 0.6 is 0 Å². The van der Waals surface area contributed by atoms with Crippen molar-refractivity contribution in [2.45, 2.75) is 0 Å². The van der Waals surface area contributed by atoms with E-state index >= 15 is 0 Å². The van der Waals surface area contributed by atoms with Gasteiger partial charge in [-0.2, -0.15) is 0 Å². The van der Waals surface area contributed by atoms with Crippen LogP contribution in [0.4, 0.5) is 0 Å². The lowest BCUT2D eigenvalue weighted by atomic mass is 9.78. The van der Waals surface area contributed by atoms with Gasteiger partial charge in [0, 0.05) is 10.8 Å². The van der Waals surface area contributed by atoms with Crippen molar-refractivity contribution in [1.82, 2.24) is 0 Å². The molecule has 7 aromatic carbocycles. The zero-order valence-corrected chi connectivity index (χ0v) is 23.4. The van der Waals surface area contributed by atoms with Gasteiger partial charge in [-0.3, -0.25) is 0 Å². The third kappa shape index (κ3) is 3.72. The standard InChI is InChI=1S/C42H26O/c1-2-11-32-31(10-1)33-12-3-4-13-35(33)38-18-9-17-30(42(38)37-16-6-5-14-34(32)37)28-22-20-27(21-23-28)29-24-25-41-39(26-29)36-15-7-8-19-40(36)43-41/h1-26H. The molecule has 0 N–H and O–H groups in total. The molecule has 0 aliphatic heterocycles. The Labute approximate surface area is 250 Å². The van der Waals surface area contributed by atoms with Crippen LogP contribution in [0.3, 0.4) is 0 Å². The van der Waals surface area contributed by atoms with Gasteiger partial charge in [0.25, 0.3) is 0 Å². The maximum Gasteiger partial charge on any atom is 0.135 e. The van der Waals surface area contributed by atoms with Crippen molar-refractivity contribution in [2.24, 2.45) is 0 Å². The first-order chi connectivity index (χ1) is 21.3. The minimum Gasteiger partial charge on any atom is -0.456 e. The van der Waals surface area contributed by atoms with Gasteiger partial charge < -0.3 is 4.42 Å². The minimum absolute atomic E-state index is 0.921. The Morgan fingerprint density at radius 2 is 0.744 bits per heavy atom. The summed E-state index contributed by atoms with van der Waals surface area (Å²) in [6.07, 6.45) is 0. The van der Waals surface area contributed by atoms with Crippen LogP contribution in [0.25, 0.3) is 88.7 Å². The molecule has 0 fully saturated rings. The third-order valence-electron chi connectivity index (χ3n) is 8.89. The Hall–Kier alpha value is -5.66. The molecule has 9 rings (SSSR count). The SMILES string of the molecule is c1ccc2c(c1)-c1ccccc1-c1cccc(-c3ccc(-c4ccc5oc6ccccc6c5c4)cc3)c1-c1ccccc1-2. The van der Waals surface area contributed by atoms with Gasteiger partial charge in [-0.1, -0.05) is 140 Å².